The Morgan fingerprint density at radius 2 is 2.05 bits per heavy atom. The molecule has 0 aromatic carbocycles. The van der Waals surface area contributed by atoms with Crippen LogP contribution in [0.4, 0.5) is 0 Å². The van der Waals surface area contributed by atoms with Gasteiger partial charge in [0, 0.05) is 0 Å². The SMILES string of the molecule is CCOP(=O)(CSc1nc2nc(I)c(Cl)cc2[nH]1)OCC. The first-order valence-electron chi connectivity index (χ1n) is 6.20. The van der Waals surface area contributed by atoms with Gasteiger partial charge in [-0.05, 0) is 42.5 Å². The number of thioether (sulfide) groups is 1. The molecule has 0 amide bonds. The summed E-state index contributed by atoms with van der Waals surface area (Å²) in [6.07, 6.45) is 0. The number of hydrogen-bond acceptors (Lipinski definition) is 6. The van der Waals surface area contributed by atoms with Crippen LogP contribution in [-0.4, -0.2) is 33.7 Å². The molecule has 0 aliphatic carbocycles. The fraction of sp³-hybridized carbons (Fsp3) is 0.455. The minimum absolute atomic E-state index is 0.194. The molecule has 116 valence electrons. The molecule has 0 aliphatic rings. The van der Waals surface area contributed by atoms with Gasteiger partial charge in [0.1, 0.15) is 9.19 Å². The van der Waals surface area contributed by atoms with Crippen LogP contribution in [0.5, 0.6) is 0 Å². The monoisotopic (exact) mass is 461 g/mol. The number of aromatic nitrogens is 3. The van der Waals surface area contributed by atoms with Gasteiger partial charge >= 0.3 is 7.60 Å². The molecule has 2 rings (SSSR count). The third-order valence-corrected chi connectivity index (χ3v) is 7.35. The van der Waals surface area contributed by atoms with Crippen LogP contribution in [0.25, 0.3) is 11.2 Å². The second-order valence-electron chi connectivity index (χ2n) is 3.89. The Kier molecular flexibility index (Phi) is 6.34. The molecule has 0 radical (unpaired) electrons. The van der Waals surface area contributed by atoms with Gasteiger partial charge in [0.2, 0.25) is 0 Å². The molecular formula is C11H14ClIN3O3PS. The molecule has 0 aliphatic heterocycles. The number of nitrogens with zero attached hydrogens (tertiary/aromatic N) is 2. The van der Waals surface area contributed by atoms with Crippen LogP contribution in [0.3, 0.4) is 0 Å². The lowest BCUT2D eigenvalue weighted by atomic mass is 10.4. The summed E-state index contributed by atoms with van der Waals surface area (Å²) >= 11 is 9.35. The van der Waals surface area contributed by atoms with Crippen LogP contribution in [0.15, 0.2) is 11.2 Å². The summed E-state index contributed by atoms with van der Waals surface area (Å²) in [5.41, 5.74) is 1.51. The van der Waals surface area contributed by atoms with E-state index in [0.29, 0.717) is 32.7 Å². The second kappa shape index (κ2) is 7.61. The van der Waals surface area contributed by atoms with Crippen molar-refractivity contribution in [1.82, 2.24) is 15.0 Å². The molecular weight excluding hydrogens is 448 g/mol. The third kappa shape index (κ3) is 4.56. The molecule has 0 spiro atoms. The molecule has 10 heteroatoms. The fourth-order valence-electron chi connectivity index (χ4n) is 1.59. The lowest BCUT2D eigenvalue weighted by Gasteiger charge is -2.15. The normalized spacial score (nSPS) is 12.2. The Bertz CT molecular complexity index is 635. The molecule has 2 aromatic heterocycles. The van der Waals surface area contributed by atoms with Gasteiger partial charge in [0.05, 0.1) is 23.8 Å². The second-order valence-corrected chi connectivity index (χ2v) is 8.77. The van der Waals surface area contributed by atoms with Crippen molar-refractivity contribution >= 4 is 64.7 Å². The maximum atomic E-state index is 12.4. The molecule has 0 unspecified atom stereocenters. The zero-order valence-electron chi connectivity index (χ0n) is 11.4. The summed E-state index contributed by atoms with van der Waals surface area (Å²) in [6, 6.07) is 1.77. The zero-order chi connectivity index (χ0) is 15.5. The maximum Gasteiger partial charge on any atom is 0.340 e. The number of hydrogen-bond donors (Lipinski definition) is 1. The highest BCUT2D eigenvalue weighted by Crippen LogP contribution is 2.51. The van der Waals surface area contributed by atoms with Crippen molar-refractivity contribution in [3.63, 3.8) is 0 Å². The van der Waals surface area contributed by atoms with Gasteiger partial charge in [-0.1, -0.05) is 23.4 Å². The fourth-order valence-corrected chi connectivity index (χ4v) is 5.04. The number of imidazole rings is 1. The van der Waals surface area contributed by atoms with Crippen molar-refractivity contribution in [2.45, 2.75) is 19.0 Å². The number of rotatable bonds is 7. The van der Waals surface area contributed by atoms with Gasteiger partial charge in [-0.15, -0.1) is 0 Å². The summed E-state index contributed by atoms with van der Waals surface area (Å²) in [6.45, 7) is 4.25. The van der Waals surface area contributed by atoms with E-state index in [1.807, 2.05) is 22.6 Å². The van der Waals surface area contributed by atoms with Crippen LogP contribution in [-0.2, 0) is 13.6 Å². The van der Waals surface area contributed by atoms with E-state index < -0.39 is 7.60 Å². The molecule has 6 nitrogen and oxygen atoms in total. The highest BCUT2D eigenvalue weighted by molar-refractivity contribution is 14.1. The number of pyridine rings is 1. The van der Waals surface area contributed by atoms with Crippen molar-refractivity contribution in [3.8, 4) is 0 Å². The number of H-pyrrole nitrogens is 1. The summed E-state index contributed by atoms with van der Waals surface area (Å²) in [7, 11) is -3.09. The molecule has 0 saturated heterocycles. The predicted octanol–water partition coefficient (Wildman–Crippen LogP) is 4.53. The molecule has 1 N–H and O–H groups in total. The van der Waals surface area contributed by atoms with Crippen molar-refractivity contribution < 1.29 is 13.6 Å². The molecule has 21 heavy (non-hydrogen) atoms. The highest BCUT2D eigenvalue weighted by Gasteiger charge is 2.24. The molecule has 0 fully saturated rings. The lowest BCUT2D eigenvalue weighted by Crippen LogP contribution is -1.98. The average Bonchev–Trinajstić information content (AvgIpc) is 2.80. The summed E-state index contributed by atoms with van der Waals surface area (Å²) < 4.78 is 23.5. The standard InChI is InChI=1S/C11H14ClIN3O3PS/c1-3-18-20(17,19-4-2)6-21-11-14-8-5-7(12)9(13)15-10(8)16-11/h5H,3-4,6H2,1-2H3,(H,14,15,16). The highest BCUT2D eigenvalue weighted by atomic mass is 127. The van der Waals surface area contributed by atoms with Crippen molar-refractivity contribution in [1.29, 1.82) is 0 Å². The van der Waals surface area contributed by atoms with Crippen molar-refractivity contribution in [2.24, 2.45) is 0 Å². The molecule has 0 bridgehead atoms. The van der Waals surface area contributed by atoms with Crippen molar-refractivity contribution in [2.75, 3.05) is 18.7 Å². The van der Waals surface area contributed by atoms with E-state index in [1.165, 1.54) is 11.8 Å². The van der Waals surface area contributed by atoms with Crippen LogP contribution >= 0.6 is 53.5 Å². The first kappa shape index (κ1) is 17.5. The van der Waals surface area contributed by atoms with Gasteiger partial charge in [0.15, 0.2) is 10.8 Å². The third-order valence-electron chi connectivity index (χ3n) is 2.37. The molecule has 0 saturated carbocycles. The van der Waals surface area contributed by atoms with Gasteiger partial charge in [-0.2, -0.15) is 0 Å². The predicted molar refractivity (Wildman–Crippen MR) is 93.2 cm³/mol. The van der Waals surface area contributed by atoms with Gasteiger partial charge < -0.3 is 14.0 Å². The van der Waals surface area contributed by atoms with Gasteiger partial charge in [0.25, 0.3) is 0 Å². The van der Waals surface area contributed by atoms with E-state index in [1.54, 1.807) is 19.9 Å². The zero-order valence-corrected chi connectivity index (χ0v) is 16.1. The summed E-state index contributed by atoms with van der Waals surface area (Å²) in [5.74, 6) is 0. The maximum absolute atomic E-state index is 12.4. The number of fused-ring (bicyclic) bond motifs is 1. The van der Waals surface area contributed by atoms with Crippen LogP contribution in [0, 0.1) is 3.70 Å². The Morgan fingerprint density at radius 3 is 2.67 bits per heavy atom. The Labute approximate surface area is 145 Å². The molecule has 0 atom stereocenters. The van der Waals surface area contributed by atoms with E-state index in [0.717, 1.165) is 5.52 Å². The Morgan fingerprint density at radius 1 is 1.38 bits per heavy atom. The van der Waals surface area contributed by atoms with Crippen LogP contribution in [0.2, 0.25) is 5.02 Å². The van der Waals surface area contributed by atoms with E-state index in [2.05, 4.69) is 15.0 Å². The first-order chi connectivity index (χ1) is 9.97. The number of halogens is 2. The smallest absolute Gasteiger partial charge is 0.331 e. The van der Waals surface area contributed by atoms with Crippen molar-refractivity contribution in [3.05, 3.63) is 14.8 Å². The van der Waals surface area contributed by atoms with Gasteiger partial charge in [-0.25, -0.2) is 9.97 Å². The topological polar surface area (TPSA) is 77.1 Å². The molecule has 2 aromatic rings. The number of aromatic amines is 1. The average molecular weight is 462 g/mol. The van der Waals surface area contributed by atoms with Crippen LogP contribution < -0.4 is 0 Å². The van der Waals surface area contributed by atoms with E-state index in [-0.39, 0.29) is 5.49 Å². The van der Waals surface area contributed by atoms with Gasteiger partial charge in [-0.3, -0.25) is 4.57 Å². The largest absolute Gasteiger partial charge is 0.340 e. The van der Waals surface area contributed by atoms with E-state index in [9.17, 15) is 4.57 Å². The minimum Gasteiger partial charge on any atom is -0.331 e. The lowest BCUT2D eigenvalue weighted by molar-refractivity contribution is 0.224. The van der Waals surface area contributed by atoms with Crippen LogP contribution in [0.1, 0.15) is 13.8 Å². The Hall–Kier alpha value is 0.140. The number of nitrogens with one attached hydrogen (secondary N) is 1. The Balaban J connectivity index is 2.14. The van der Waals surface area contributed by atoms with E-state index >= 15 is 0 Å². The first-order valence-corrected chi connectivity index (χ1v) is 10.4. The van der Waals surface area contributed by atoms with E-state index in [4.69, 9.17) is 20.6 Å². The quantitative estimate of drug-likeness (QED) is 0.282. The summed E-state index contributed by atoms with van der Waals surface area (Å²) in [5, 5.41) is 1.17. The minimum atomic E-state index is -3.09. The summed E-state index contributed by atoms with van der Waals surface area (Å²) in [4.78, 5) is 11.7. The molecule has 2 heterocycles.